The first-order chi connectivity index (χ1) is 24.8. The molecule has 51 heavy (non-hydrogen) atoms. The molecule has 0 N–H and O–H groups in total. The van der Waals surface area contributed by atoms with Gasteiger partial charge in [0.1, 0.15) is 8.07 Å². The number of carbonyl (C=O) groups excluding carboxylic acids is 2. The van der Waals surface area contributed by atoms with Gasteiger partial charge < -0.3 is 0 Å². The Morgan fingerprint density at radius 2 is 1.12 bits per heavy atom. The highest BCUT2D eigenvalue weighted by Crippen LogP contribution is 2.49. The topological polar surface area (TPSA) is 37.4 Å². The van der Waals surface area contributed by atoms with Gasteiger partial charge in [-0.1, -0.05) is 65.7 Å². The normalized spacial score (nSPS) is 14.6. The van der Waals surface area contributed by atoms with Crippen LogP contribution in [0.15, 0.2) is 36.4 Å². The second-order valence-corrected chi connectivity index (χ2v) is 24.6. The van der Waals surface area contributed by atoms with Crippen molar-refractivity contribution in [3.63, 3.8) is 0 Å². The molecule has 3 nitrogen and oxygen atoms in total. The molecular weight excluding hydrogens is 739 g/mol. The molecule has 0 atom stereocenters. The Kier molecular flexibility index (Phi) is 11.7. The number of carbonyl (C=O) groups is 2. The summed E-state index contributed by atoms with van der Waals surface area (Å²) in [5.74, 6) is -0.162. The van der Waals surface area contributed by atoms with Gasteiger partial charge in [0.05, 0.1) is 16.0 Å². The Morgan fingerprint density at radius 1 is 0.569 bits per heavy atom. The van der Waals surface area contributed by atoms with Crippen LogP contribution in [0.4, 0.5) is 0 Å². The summed E-state index contributed by atoms with van der Waals surface area (Å²) in [4.78, 5) is 42.8. The number of aryl methyl sites for hydroxylation is 4. The molecule has 0 unspecified atom stereocenters. The van der Waals surface area contributed by atoms with E-state index in [1.807, 2.05) is 52.3 Å². The Morgan fingerprint density at radius 3 is 1.76 bits per heavy atom. The molecule has 2 aliphatic heterocycles. The van der Waals surface area contributed by atoms with Crippen LogP contribution in [0.1, 0.15) is 135 Å². The predicted octanol–water partition coefficient (Wildman–Crippen LogP) is 12.0. The zero-order valence-corrected chi connectivity index (χ0v) is 36.0. The molecule has 5 aromatic heterocycles. The molecule has 0 saturated carbocycles. The average Bonchev–Trinajstić information content (AvgIpc) is 3.97. The van der Waals surface area contributed by atoms with Gasteiger partial charge in [0, 0.05) is 50.4 Å². The number of fused-ring (bicyclic) bond motifs is 4. The Balaban J connectivity index is 1.27. The maximum atomic E-state index is 14.1. The predicted molar refractivity (Wildman–Crippen MR) is 227 cm³/mol. The molecule has 2 amide bonds. The molecule has 0 aliphatic carbocycles. The van der Waals surface area contributed by atoms with E-state index in [-0.39, 0.29) is 11.8 Å². The van der Waals surface area contributed by atoms with Crippen LogP contribution < -0.4 is 10.4 Å². The van der Waals surface area contributed by atoms with Gasteiger partial charge in [0.15, 0.2) is 0 Å². The minimum absolute atomic E-state index is 0.0796. The van der Waals surface area contributed by atoms with Crippen LogP contribution in [0.2, 0.25) is 0 Å². The fourth-order valence-corrected chi connectivity index (χ4v) is 21.7. The summed E-state index contributed by atoms with van der Waals surface area (Å²) in [6.45, 7) is 11.6. The number of amides is 2. The minimum Gasteiger partial charge on any atom is -0.274 e. The molecule has 0 radical (unpaired) electrons. The minimum atomic E-state index is -2.29. The fraction of sp³-hybridized carbons (Fsp3) is 0.476. The van der Waals surface area contributed by atoms with Gasteiger partial charge in [-0.2, -0.15) is 0 Å². The highest BCUT2D eigenvalue weighted by atomic mass is 32.1. The largest absolute Gasteiger partial charge is 0.274 e. The quantitative estimate of drug-likeness (QED) is 0.0504. The highest BCUT2D eigenvalue weighted by molar-refractivity contribution is 7.32. The van der Waals surface area contributed by atoms with Crippen LogP contribution >= 0.6 is 56.7 Å². The number of hydrogen-bond donors (Lipinski definition) is 0. The third-order valence-electron chi connectivity index (χ3n) is 10.7. The van der Waals surface area contributed by atoms with Crippen LogP contribution in [0.25, 0.3) is 19.5 Å². The van der Waals surface area contributed by atoms with Crippen LogP contribution in [0.5, 0.6) is 0 Å². The van der Waals surface area contributed by atoms with Crippen LogP contribution in [0, 0.1) is 13.8 Å². The lowest BCUT2D eigenvalue weighted by Gasteiger charge is -2.28. The van der Waals surface area contributed by atoms with Crippen LogP contribution in [-0.2, 0) is 24.9 Å². The first-order valence-corrected chi connectivity index (χ1v) is 25.7. The summed E-state index contributed by atoms with van der Waals surface area (Å²) < 4.78 is 0. The van der Waals surface area contributed by atoms with Gasteiger partial charge in [0.25, 0.3) is 11.8 Å². The molecule has 270 valence electrons. The number of rotatable bonds is 18. The van der Waals surface area contributed by atoms with Gasteiger partial charge in [-0.05, 0) is 105 Å². The summed E-state index contributed by atoms with van der Waals surface area (Å²) in [6.07, 6.45) is 14.1. The molecule has 0 aromatic carbocycles. The standard InChI is InChI=1S/C42H51NO2S5Si/c1-6-9-12-13-14-15-22-43-41(44)36-28(5)47-38(37(36)42(43)45)33-24-35-40(50-33)39-34(23-27(4)46-39)51(35,25-31-20-18-29(48-31)16-10-7-2)26-32-21-19-30(49-32)17-11-8-3/h18-21,23-24H,6-17,22,25-26H2,1-5H3. The lowest BCUT2D eigenvalue weighted by atomic mass is 10.1. The summed E-state index contributed by atoms with van der Waals surface area (Å²) in [7, 11) is -2.29. The van der Waals surface area contributed by atoms with Gasteiger partial charge in [-0.25, -0.2) is 0 Å². The van der Waals surface area contributed by atoms with Crippen molar-refractivity contribution in [3.05, 3.63) is 76.8 Å². The monoisotopic (exact) mass is 789 g/mol. The van der Waals surface area contributed by atoms with Crippen molar-refractivity contribution in [3.8, 4) is 19.5 Å². The Hall–Kier alpha value is -2.14. The molecule has 0 bridgehead atoms. The lowest BCUT2D eigenvalue weighted by molar-refractivity contribution is 0.0651. The van der Waals surface area contributed by atoms with Crippen molar-refractivity contribution in [1.82, 2.24) is 4.90 Å². The zero-order valence-electron chi connectivity index (χ0n) is 30.9. The molecule has 2 aliphatic rings. The van der Waals surface area contributed by atoms with Crippen LogP contribution in [0.3, 0.4) is 0 Å². The molecule has 0 saturated heterocycles. The number of unbranched alkanes of at least 4 members (excludes halogenated alkanes) is 7. The highest BCUT2D eigenvalue weighted by Gasteiger charge is 2.49. The van der Waals surface area contributed by atoms with Gasteiger partial charge in [-0.15, -0.1) is 56.7 Å². The molecular formula is C42H51NO2S5Si. The molecule has 7 heterocycles. The first kappa shape index (κ1) is 37.2. The summed E-state index contributed by atoms with van der Waals surface area (Å²) >= 11 is 9.56. The van der Waals surface area contributed by atoms with E-state index in [2.05, 4.69) is 64.1 Å². The molecule has 0 spiro atoms. The molecule has 5 aromatic rings. The second kappa shape index (κ2) is 16.1. The fourth-order valence-electron chi connectivity index (χ4n) is 8.05. The Bertz CT molecular complexity index is 1970. The SMILES string of the molecule is CCCCCCCCN1C(=O)c2c(C)sc(-c3cc4c(s3)-c3sc(C)cc3[Si]4(Cc3ccc(CCCC)s3)Cc3ccc(CCCC)s3)c2C1=O. The summed E-state index contributed by atoms with van der Waals surface area (Å²) in [5.41, 5.74) is 1.33. The van der Waals surface area contributed by atoms with Crippen molar-refractivity contribution in [2.24, 2.45) is 0 Å². The van der Waals surface area contributed by atoms with E-state index in [9.17, 15) is 9.59 Å². The average molecular weight is 790 g/mol. The van der Waals surface area contributed by atoms with Crippen molar-refractivity contribution in [2.75, 3.05) is 6.54 Å². The number of hydrogen-bond acceptors (Lipinski definition) is 7. The van der Waals surface area contributed by atoms with E-state index in [0.29, 0.717) is 17.7 Å². The van der Waals surface area contributed by atoms with Crippen LogP contribution in [-0.4, -0.2) is 31.3 Å². The van der Waals surface area contributed by atoms with Crippen molar-refractivity contribution < 1.29 is 9.59 Å². The van der Waals surface area contributed by atoms with E-state index in [0.717, 1.165) is 34.7 Å². The molecule has 0 fully saturated rings. The first-order valence-electron chi connectivity index (χ1n) is 19.2. The third-order valence-corrected chi connectivity index (χ3v) is 22.3. The molecule has 9 heteroatoms. The maximum absolute atomic E-state index is 14.1. The van der Waals surface area contributed by atoms with Crippen molar-refractivity contribution in [1.29, 1.82) is 0 Å². The lowest BCUT2D eigenvalue weighted by Crippen LogP contribution is -2.59. The van der Waals surface area contributed by atoms with Gasteiger partial charge in [-0.3, -0.25) is 14.5 Å². The van der Waals surface area contributed by atoms with E-state index >= 15 is 0 Å². The second-order valence-electron chi connectivity index (χ2n) is 14.6. The Labute approximate surface area is 325 Å². The maximum Gasteiger partial charge on any atom is 0.263 e. The number of nitrogens with zero attached hydrogens (tertiary/aromatic N) is 1. The van der Waals surface area contributed by atoms with Crippen molar-refractivity contribution in [2.45, 2.75) is 124 Å². The van der Waals surface area contributed by atoms with Gasteiger partial charge >= 0.3 is 0 Å². The summed E-state index contributed by atoms with van der Waals surface area (Å²) in [5, 5.41) is 3.17. The summed E-state index contributed by atoms with van der Waals surface area (Å²) in [6, 6.07) is 16.9. The van der Waals surface area contributed by atoms with Crippen molar-refractivity contribution >= 4 is 86.9 Å². The van der Waals surface area contributed by atoms with Gasteiger partial charge in [0.2, 0.25) is 0 Å². The molecule has 7 rings (SSSR count). The number of imide groups is 1. The van der Waals surface area contributed by atoms with E-state index in [1.54, 1.807) is 26.6 Å². The third kappa shape index (κ3) is 7.25. The number of thiophene rings is 5. The zero-order chi connectivity index (χ0) is 35.7. The van der Waals surface area contributed by atoms with E-state index < -0.39 is 8.07 Å². The van der Waals surface area contributed by atoms with E-state index in [4.69, 9.17) is 0 Å². The smallest absolute Gasteiger partial charge is 0.263 e. The van der Waals surface area contributed by atoms with E-state index in [1.165, 1.54) is 103 Å².